The molecule has 1 aliphatic heterocycles. The maximum absolute atomic E-state index is 12.9. The van der Waals surface area contributed by atoms with E-state index in [0.29, 0.717) is 10.7 Å². The zero-order valence-corrected chi connectivity index (χ0v) is 15.9. The summed E-state index contributed by atoms with van der Waals surface area (Å²) in [7, 11) is -3.85. The molecule has 0 aliphatic carbocycles. The van der Waals surface area contributed by atoms with Crippen LogP contribution in [0.2, 0.25) is 5.02 Å². The number of carbonyl (C=O) groups is 1. The minimum atomic E-state index is -3.85. The van der Waals surface area contributed by atoms with Crippen molar-refractivity contribution in [2.75, 3.05) is 18.0 Å². The van der Waals surface area contributed by atoms with Gasteiger partial charge in [-0.2, -0.15) is 4.31 Å². The molecule has 0 bridgehead atoms. The topological polar surface area (TPSA) is 101 Å². The van der Waals surface area contributed by atoms with Gasteiger partial charge in [-0.3, -0.25) is 14.9 Å². The average molecular weight is 410 g/mol. The minimum absolute atomic E-state index is 0.0651. The molecule has 0 aromatic heterocycles. The van der Waals surface area contributed by atoms with Gasteiger partial charge in [-0.05, 0) is 43.3 Å². The first kappa shape index (κ1) is 19.3. The van der Waals surface area contributed by atoms with Gasteiger partial charge < -0.3 is 4.90 Å². The number of nitro benzene ring substituents is 1. The summed E-state index contributed by atoms with van der Waals surface area (Å²) in [6.45, 7) is 1.77. The van der Waals surface area contributed by atoms with Gasteiger partial charge >= 0.3 is 0 Å². The minimum Gasteiger partial charge on any atom is -0.310 e. The second-order valence-corrected chi connectivity index (χ2v) is 8.34. The van der Waals surface area contributed by atoms with Gasteiger partial charge in [0.05, 0.1) is 9.82 Å². The molecule has 1 amide bonds. The molecule has 3 rings (SSSR count). The van der Waals surface area contributed by atoms with E-state index in [0.717, 1.165) is 4.31 Å². The molecule has 2 aromatic rings. The lowest BCUT2D eigenvalue weighted by molar-refractivity contribution is -0.384. The lowest BCUT2D eigenvalue weighted by Crippen LogP contribution is -2.57. The maximum atomic E-state index is 12.9. The van der Waals surface area contributed by atoms with Crippen molar-refractivity contribution in [3.05, 3.63) is 63.7 Å². The third kappa shape index (κ3) is 3.66. The fourth-order valence-electron chi connectivity index (χ4n) is 2.93. The Balaban J connectivity index is 1.83. The highest BCUT2D eigenvalue weighted by Gasteiger charge is 2.39. The van der Waals surface area contributed by atoms with Crippen molar-refractivity contribution in [3.8, 4) is 0 Å². The van der Waals surface area contributed by atoms with Crippen molar-refractivity contribution in [1.29, 1.82) is 0 Å². The van der Waals surface area contributed by atoms with Gasteiger partial charge in [0.2, 0.25) is 15.9 Å². The number of halogens is 1. The Morgan fingerprint density at radius 1 is 1.07 bits per heavy atom. The number of non-ortho nitro benzene ring substituents is 1. The molecule has 0 saturated carbocycles. The molecule has 1 aliphatic rings. The fraction of sp³-hybridized carbons (Fsp3) is 0.235. The van der Waals surface area contributed by atoms with Gasteiger partial charge in [0.25, 0.3) is 5.69 Å². The molecule has 0 N–H and O–H groups in total. The highest BCUT2D eigenvalue weighted by molar-refractivity contribution is 7.89. The Morgan fingerprint density at radius 2 is 1.67 bits per heavy atom. The van der Waals surface area contributed by atoms with Crippen LogP contribution >= 0.6 is 11.6 Å². The number of nitro groups is 1. The third-order valence-corrected chi connectivity index (χ3v) is 6.63. The van der Waals surface area contributed by atoms with Crippen LogP contribution in [0.3, 0.4) is 0 Å². The Bertz CT molecular complexity index is 977. The van der Waals surface area contributed by atoms with Crippen molar-refractivity contribution in [1.82, 2.24) is 4.31 Å². The van der Waals surface area contributed by atoms with Crippen molar-refractivity contribution < 1.29 is 18.1 Å². The molecule has 10 heteroatoms. The van der Waals surface area contributed by atoms with Crippen LogP contribution in [0.15, 0.2) is 53.4 Å². The Labute approximate surface area is 161 Å². The van der Waals surface area contributed by atoms with Crippen LogP contribution in [-0.4, -0.2) is 42.7 Å². The van der Waals surface area contributed by atoms with Crippen molar-refractivity contribution >= 4 is 38.9 Å². The van der Waals surface area contributed by atoms with Gasteiger partial charge in [0.1, 0.15) is 6.04 Å². The normalized spacial score (nSPS) is 18.5. The molecule has 1 fully saturated rings. The number of nitrogens with zero attached hydrogens (tertiary/aromatic N) is 3. The largest absolute Gasteiger partial charge is 0.310 e. The number of rotatable bonds is 4. The summed E-state index contributed by atoms with van der Waals surface area (Å²) in [5.41, 5.74) is 0.407. The number of amides is 1. The number of sulfonamides is 1. The van der Waals surface area contributed by atoms with Crippen molar-refractivity contribution in [2.24, 2.45) is 0 Å². The van der Waals surface area contributed by atoms with Crippen LogP contribution in [-0.2, 0) is 14.8 Å². The van der Waals surface area contributed by atoms with Crippen LogP contribution < -0.4 is 4.90 Å². The number of anilines is 1. The van der Waals surface area contributed by atoms with E-state index in [2.05, 4.69) is 0 Å². The lowest BCUT2D eigenvalue weighted by atomic mass is 10.2. The summed E-state index contributed by atoms with van der Waals surface area (Å²) < 4.78 is 26.9. The smallest absolute Gasteiger partial charge is 0.269 e. The second kappa shape index (κ2) is 7.26. The highest BCUT2D eigenvalue weighted by atomic mass is 35.5. The number of carbonyl (C=O) groups excluding carboxylic acids is 1. The number of hydrogen-bond acceptors (Lipinski definition) is 5. The number of benzene rings is 2. The average Bonchev–Trinajstić information content (AvgIpc) is 2.64. The number of hydrogen-bond donors (Lipinski definition) is 0. The second-order valence-electron chi connectivity index (χ2n) is 6.01. The molecule has 1 saturated heterocycles. The Hall–Kier alpha value is -2.49. The van der Waals surface area contributed by atoms with Crippen molar-refractivity contribution in [2.45, 2.75) is 17.9 Å². The van der Waals surface area contributed by atoms with Gasteiger partial charge in [0, 0.05) is 35.9 Å². The zero-order chi connectivity index (χ0) is 19.8. The van der Waals surface area contributed by atoms with E-state index in [1.807, 2.05) is 0 Å². The summed E-state index contributed by atoms with van der Waals surface area (Å²) in [6.07, 6.45) is 0. The molecule has 142 valence electrons. The van der Waals surface area contributed by atoms with Gasteiger partial charge in [-0.25, -0.2) is 8.42 Å². The predicted octanol–water partition coefficient (Wildman–Crippen LogP) is 2.67. The summed E-state index contributed by atoms with van der Waals surface area (Å²) in [5.74, 6) is -0.396. The predicted molar refractivity (Wildman–Crippen MR) is 100 cm³/mol. The molecule has 0 radical (unpaired) electrons. The van der Waals surface area contributed by atoms with Gasteiger partial charge in [-0.1, -0.05) is 11.6 Å². The summed E-state index contributed by atoms with van der Waals surface area (Å²) in [5, 5.41) is 11.2. The van der Waals surface area contributed by atoms with E-state index < -0.39 is 26.9 Å². The van der Waals surface area contributed by atoms with E-state index in [4.69, 9.17) is 11.6 Å². The molecule has 8 nitrogen and oxygen atoms in total. The Morgan fingerprint density at radius 3 is 2.22 bits per heavy atom. The number of piperazine rings is 1. The molecule has 2 aromatic carbocycles. The van der Waals surface area contributed by atoms with Gasteiger partial charge in [-0.15, -0.1) is 0 Å². The van der Waals surface area contributed by atoms with Crippen molar-refractivity contribution in [3.63, 3.8) is 0 Å². The standard InChI is InChI=1S/C17H16ClN3O5S/c1-12-17(22)19(14-4-6-15(7-5-14)21(23)24)10-11-20(12)27(25,26)16-8-2-13(18)3-9-16/h2-9,12H,10-11H2,1H3. The first-order valence-corrected chi connectivity index (χ1v) is 9.87. The zero-order valence-electron chi connectivity index (χ0n) is 14.3. The lowest BCUT2D eigenvalue weighted by Gasteiger charge is -2.38. The van der Waals surface area contributed by atoms with E-state index in [9.17, 15) is 23.3 Å². The van der Waals surface area contributed by atoms with Crippen LogP contribution in [0.4, 0.5) is 11.4 Å². The first-order valence-electron chi connectivity index (χ1n) is 8.05. The van der Waals surface area contributed by atoms with Crippen LogP contribution in [0.5, 0.6) is 0 Å². The first-order chi connectivity index (χ1) is 12.7. The molecule has 1 heterocycles. The molecule has 1 unspecified atom stereocenters. The maximum Gasteiger partial charge on any atom is 0.269 e. The molecule has 27 heavy (non-hydrogen) atoms. The summed E-state index contributed by atoms with van der Waals surface area (Å²) >= 11 is 5.81. The monoisotopic (exact) mass is 409 g/mol. The molecule has 0 spiro atoms. The van der Waals surface area contributed by atoms with E-state index in [1.54, 1.807) is 0 Å². The van der Waals surface area contributed by atoms with Crippen LogP contribution in [0.25, 0.3) is 0 Å². The van der Waals surface area contributed by atoms with E-state index >= 15 is 0 Å². The van der Waals surface area contributed by atoms with E-state index in [1.165, 1.54) is 60.4 Å². The van der Waals surface area contributed by atoms with Crippen LogP contribution in [0.1, 0.15) is 6.92 Å². The SMILES string of the molecule is CC1C(=O)N(c2ccc([N+](=O)[O-])cc2)CCN1S(=O)(=O)c1ccc(Cl)cc1. The molecular formula is C17H16ClN3O5S. The third-order valence-electron chi connectivity index (χ3n) is 4.39. The molecular weight excluding hydrogens is 394 g/mol. The Kier molecular flexibility index (Phi) is 5.18. The van der Waals surface area contributed by atoms with E-state index in [-0.39, 0.29) is 23.7 Å². The molecule has 1 atom stereocenters. The highest BCUT2D eigenvalue weighted by Crippen LogP contribution is 2.27. The van der Waals surface area contributed by atoms with Gasteiger partial charge in [0.15, 0.2) is 0 Å². The summed E-state index contributed by atoms with van der Waals surface area (Å²) in [6, 6.07) is 10.4. The quantitative estimate of drug-likeness (QED) is 0.570. The van der Waals surface area contributed by atoms with Crippen LogP contribution in [0, 0.1) is 10.1 Å². The summed E-state index contributed by atoms with van der Waals surface area (Å²) in [4.78, 5) is 24.5. The fourth-order valence-corrected chi connectivity index (χ4v) is 4.64.